The van der Waals surface area contributed by atoms with E-state index in [9.17, 15) is 36.9 Å². The molecule has 3 aromatic rings. The number of hydrogen-bond acceptors (Lipinski definition) is 6. The molecule has 190 valence electrons. The monoisotopic (exact) mass is 526 g/mol. The van der Waals surface area contributed by atoms with Gasteiger partial charge in [-0.3, -0.25) is 0 Å². The zero-order valence-electron chi connectivity index (χ0n) is 18.8. The maximum Gasteiger partial charge on any atom is 0.573 e. The Kier molecular flexibility index (Phi) is 5.31. The molecule has 5 rings (SSSR count). The van der Waals surface area contributed by atoms with Crippen LogP contribution in [0.2, 0.25) is 0 Å². The van der Waals surface area contributed by atoms with Crippen molar-refractivity contribution in [2.24, 2.45) is 11.5 Å². The van der Waals surface area contributed by atoms with Crippen LogP contribution < -0.4 is 20.9 Å². The van der Waals surface area contributed by atoms with Gasteiger partial charge in [0.1, 0.15) is 35.0 Å². The molecule has 0 amide bonds. The predicted molar refractivity (Wildman–Crippen MR) is 122 cm³/mol. The Bertz CT molecular complexity index is 1570. The first kappa shape index (κ1) is 24.6. The van der Waals surface area contributed by atoms with Crippen LogP contribution in [0.1, 0.15) is 22.3 Å². The molecule has 0 fully saturated rings. The van der Waals surface area contributed by atoms with E-state index in [1.54, 1.807) is 24.3 Å². The van der Waals surface area contributed by atoms with Crippen LogP contribution in [0.4, 0.5) is 26.3 Å². The highest BCUT2D eigenvalue weighted by Gasteiger charge is 2.36. The van der Waals surface area contributed by atoms with Gasteiger partial charge in [0.15, 0.2) is 0 Å². The summed E-state index contributed by atoms with van der Waals surface area (Å²) in [4.78, 5) is 0. The molecule has 12 heteroatoms. The van der Waals surface area contributed by atoms with Crippen LogP contribution in [0.15, 0.2) is 59.9 Å². The largest absolute Gasteiger partial charge is 0.573 e. The van der Waals surface area contributed by atoms with Crippen LogP contribution >= 0.6 is 0 Å². The minimum absolute atomic E-state index is 0.139. The van der Waals surface area contributed by atoms with Crippen molar-refractivity contribution in [1.29, 1.82) is 10.5 Å². The fraction of sp³-hybridized carbons (Fsp3) is 0.0769. The molecule has 2 aliphatic rings. The van der Waals surface area contributed by atoms with E-state index in [0.717, 1.165) is 24.3 Å². The molecule has 6 nitrogen and oxygen atoms in total. The Balaban J connectivity index is 1.76. The van der Waals surface area contributed by atoms with Gasteiger partial charge in [-0.05, 0) is 80.9 Å². The van der Waals surface area contributed by atoms with E-state index in [-0.39, 0.29) is 33.7 Å². The Labute approximate surface area is 210 Å². The lowest BCUT2D eigenvalue weighted by molar-refractivity contribution is -0.275. The number of rotatable bonds is 2. The summed E-state index contributed by atoms with van der Waals surface area (Å²) in [5.74, 6) is -1.03. The summed E-state index contributed by atoms with van der Waals surface area (Å²) < 4.78 is 85.0. The van der Waals surface area contributed by atoms with Gasteiger partial charge in [0.2, 0.25) is 0 Å². The highest BCUT2D eigenvalue weighted by molar-refractivity contribution is 6.10. The smallest absolute Gasteiger partial charge is 0.406 e. The van der Waals surface area contributed by atoms with Crippen molar-refractivity contribution >= 4 is 11.1 Å². The van der Waals surface area contributed by atoms with Gasteiger partial charge in [-0.2, -0.15) is 10.5 Å². The third-order valence-corrected chi connectivity index (χ3v) is 6.04. The van der Waals surface area contributed by atoms with Crippen molar-refractivity contribution in [3.05, 3.63) is 82.2 Å². The van der Waals surface area contributed by atoms with Crippen molar-refractivity contribution in [3.63, 3.8) is 0 Å². The minimum Gasteiger partial charge on any atom is -0.406 e. The number of hydrogen-bond donors (Lipinski definition) is 2. The van der Waals surface area contributed by atoms with Crippen molar-refractivity contribution in [3.8, 4) is 45.9 Å². The lowest BCUT2D eigenvalue weighted by Crippen LogP contribution is -2.17. The van der Waals surface area contributed by atoms with Crippen LogP contribution in [0.3, 0.4) is 0 Å². The molecule has 0 atom stereocenters. The summed E-state index contributed by atoms with van der Waals surface area (Å²) in [6, 6.07) is 14.0. The Morgan fingerprint density at radius 1 is 0.553 bits per heavy atom. The molecule has 38 heavy (non-hydrogen) atoms. The Morgan fingerprint density at radius 2 is 0.895 bits per heavy atom. The molecule has 0 aliphatic heterocycles. The lowest BCUT2D eigenvalue weighted by atomic mass is 9.94. The zero-order valence-corrected chi connectivity index (χ0v) is 18.8. The molecular formula is C26H12F6N4O2. The van der Waals surface area contributed by atoms with Gasteiger partial charge in [-0.25, -0.2) is 0 Å². The second-order valence-electron chi connectivity index (χ2n) is 8.25. The summed E-state index contributed by atoms with van der Waals surface area (Å²) >= 11 is 0. The normalized spacial score (nSPS) is 15.9. The average Bonchev–Trinajstić information content (AvgIpc) is 3.30. The molecule has 0 aromatic heterocycles. The number of ether oxygens (including phenoxy) is 2. The van der Waals surface area contributed by atoms with Gasteiger partial charge in [-0.1, -0.05) is 12.1 Å². The first-order valence-electron chi connectivity index (χ1n) is 10.6. The van der Waals surface area contributed by atoms with Crippen LogP contribution in [0, 0.1) is 22.7 Å². The first-order chi connectivity index (χ1) is 17.8. The van der Waals surface area contributed by atoms with E-state index >= 15 is 0 Å². The second kappa shape index (κ2) is 8.21. The molecule has 0 unspecified atom stereocenters. The van der Waals surface area contributed by atoms with E-state index in [4.69, 9.17) is 11.5 Å². The molecule has 0 saturated carbocycles. The van der Waals surface area contributed by atoms with E-state index in [0.29, 0.717) is 33.4 Å². The van der Waals surface area contributed by atoms with E-state index in [1.165, 1.54) is 12.1 Å². The van der Waals surface area contributed by atoms with Gasteiger partial charge < -0.3 is 20.9 Å². The van der Waals surface area contributed by atoms with E-state index < -0.39 is 24.2 Å². The number of nitriles is 2. The molecule has 3 aromatic carbocycles. The minimum atomic E-state index is -4.95. The zero-order chi connectivity index (χ0) is 27.6. The quantitative estimate of drug-likeness (QED) is 0.218. The topological polar surface area (TPSA) is 118 Å². The van der Waals surface area contributed by atoms with Crippen LogP contribution in [0.5, 0.6) is 11.5 Å². The molecule has 0 heterocycles. The van der Waals surface area contributed by atoms with Crippen LogP contribution in [-0.2, 0) is 0 Å². The summed E-state index contributed by atoms with van der Waals surface area (Å²) in [7, 11) is 0. The van der Waals surface area contributed by atoms with Gasteiger partial charge in [0.25, 0.3) is 0 Å². The molecule has 0 bridgehead atoms. The lowest BCUT2D eigenvalue weighted by Gasteiger charge is -2.11. The van der Waals surface area contributed by atoms with Crippen molar-refractivity contribution in [2.75, 3.05) is 0 Å². The third kappa shape index (κ3) is 4.02. The van der Waals surface area contributed by atoms with E-state index in [1.807, 2.05) is 0 Å². The highest BCUT2D eigenvalue weighted by Crippen LogP contribution is 2.54. The number of allylic oxidation sites excluding steroid dienone is 2. The number of alkyl halides is 6. The first-order valence-corrected chi connectivity index (χ1v) is 10.6. The van der Waals surface area contributed by atoms with Gasteiger partial charge in [-0.15, -0.1) is 26.3 Å². The van der Waals surface area contributed by atoms with Gasteiger partial charge >= 0.3 is 12.7 Å². The Morgan fingerprint density at radius 3 is 1.24 bits per heavy atom. The predicted octanol–water partition coefficient (Wildman–Crippen LogP) is 5.93. The standard InChI is InChI=1S/C26H12F6N4O2/c27-25(28,29)37-11-1-3-13-15-7-16-14-4-2-12(38-26(30,31)32)6-18(14)24(22(36)10-34)20(16)8-19(15)23(17(13)5-11)21(35)9-33/h1-8H,35-36H2/b23-21-,24-22-. The molecule has 0 saturated heterocycles. The number of nitrogens with two attached hydrogens (primary N) is 2. The van der Waals surface area contributed by atoms with E-state index in [2.05, 4.69) is 9.47 Å². The maximum absolute atomic E-state index is 12.8. The van der Waals surface area contributed by atoms with Crippen molar-refractivity contribution in [2.45, 2.75) is 12.7 Å². The second-order valence-corrected chi connectivity index (χ2v) is 8.25. The highest BCUT2D eigenvalue weighted by atomic mass is 19.4. The van der Waals surface area contributed by atoms with Crippen molar-refractivity contribution < 1.29 is 35.8 Å². The van der Waals surface area contributed by atoms with Crippen LogP contribution in [-0.4, -0.2) is 12.7 Å². The summed E-state index contributed by atoms with van der Waals surface area (Å²) in [5, 5.41) is 19.0. The summed E-state index contributed by atoms with van der Waals surface area (Å²) in [6.45, 7) is 0. The van der Waals surface area contributed by atoms with Crippen molar-refractivity contribution in [1.82, 2.24) is 0 Å². The average molecular weight is 526 g/mol. The molecule has 0 spiro atoms. The van der Waals surface area contributed by atoms with Crippen LogP contribution in [0.25, 0.3) is 33.4 Å². The summed E-state index contributed by atoms with van der Waals surface area (Å²) in [5.41, 5.74) is 14.7. The number of fused-ring (bicyclic) bond motifs is 6. The molecule has 0 radical (unpaired) electrons. The molecule has 2 aliphatic carbocycles. The molecule has 4 N–H and O–H groups in total. The SMILES string of the molecule is N#C/C(N)=C1\c2cc(OC(F)(F)F)ccc2-c2cc3c(cc21)/C(=C(\N)C#N)c1cc(OC(F)(F)F)ccc1-3. The fourth-order valence-corrected chi connectivity index (χ4v) is 4.77. The van der Waals surface area contributed by atoms with Gasteiger partial charge in [0.05, 0.1) is 0 Å². The maximum atomic E-state index is 12.8. The Hall–Kier alpha value is -5.10. The number of nitrogens with zero attached hydrogens (tertiary/aromatic N) is 2. The number of benzene rings is 3. The molecular weight excluding hydrogens is 514 g/mol. The fourth-order valence-electron chi connectivity index (χ4n) is 4.77. The third-order valence-electron chi connectivity index (χ3n) is 6.04. The van der Waals surface area contributed by atoms with Gasteiger partial charge in [0, 0.05) is 11.1 Å². The summed E-state index contributed by atoms with van der Waals surface area (Å²) in [6.07, 6.45) is -9.89. The number of halogens is 6.